The highest BCUT2D eigenvalue weighted by atomic mass is 32.1. The minimum Gasteiger partial charge on any atom is -0.338 e. The Labute approximate surface area is 207 Å². The number of nitrogens with zero attached hydrogens (tertiary/aromatic N) is 4. The number of aryl methyl sites for hydroxylation is 2. The van der Waals surface area contributed by atoms with E-state index in [4.69, 9.17) is 0 Å². The van der Waals surface area contributed by atoms with Crippen LogP contribution in [0.4, 0.5) is 30.4 Å². The number of carbonyl (C=O) groups is 1. The van der Waals surface area contributed by atoms with Gasteiger partial charge in [-0.3, -0.25) is 4.79 Å². The fraction of sp³-hybridized carbons (Fsp3) is 0.120. The predicted molar refractivity (Wildman–Crippen MR) is 133 cm³/mol. The van der Waals surface area contributed by atoms with E-state index < -0.39 is 17.6 Å². The number of aromatic nitrogens is 4. The summed E-state index contributed by atoms with van der Waals surface area (Å²) >= 11 is 1.54. The molecule has 5 rings (SSSR count). The predicted octanol–water partition coefficient (Wildman–Crippen LogP) is 6.41. The van der Waals surface area contributed by atoms with Crippen molar-refractivity contribution in [2.24, 2.45) is 7.05 Å². The quantitative estimate of drug-likeness (QED) is 0.286. The summed E-state index contributed by atoms with van der Waals surface area (Å²) in [4.78, 5) is 26.4. The van der Waals surface area contributed by atoms with E-state index in [1.165, 1.54) is 12.1 Å². The Morgan fingerprint density at radius 3 is 2.67 bits per heavy atom. The van der Waals surface area contributed by atoms with Crippen molar-refractivity contribution in [3.63, 3.8) is 0 Å². The van der Waals surface area contributed by atoms with Crippen LogP contribution in [-0.2, 0) is 13.2 Å². The zero-order valence-corrected chi connectivity index (χ0v) is 19.9. The lowest BCUT2D eigenvalue weighted by Crippen LogP contribution is -2.14. The molecule has 0 unspecified atom stereocenters. The van der Waals surface area contributed by atoms with Crippen LogP contribution >= 0.6 is 11.3 Å². The van der Waals surface area contributed by atoms with Crippen LogP contribution in [0.25, 0.3) is 22.6 Å². The van der Waals surface area contributed by atoms with Gasteiger partial charge in [0.05, 0.1) is 11.9 Å². The molecule has 182 valence electrons. The average molecular weight is 509 g/mol. The van der Waals surface area contributed by atoms with E-state index in [0.717, 1.165) is 23.3 Å². The summed E-state index contributed by atoms with van der Waals surface area (Å²) < 4.78 is 40.9. The third kappa shape index (κ3) is 4.65. The molecule has 0 radical (unpaired) electrons. The monoisotopic (exact) mass is 508 g/mol. The van der Waals surface area contributed by atoms with Gasteiger partial charge in [0.1, 0.15) is 0 Å². The van der Waals surface area contributed by atoms with E-state index in [2.05, 4.69) is 25.6 Å². The van der Waals surface area contributed by atoms with E-state index in [9.17, 15) is 18.0 Å². The van der Waals surface area contributed by atoms with Gasteiger partial charge in [0.15, 0.2) is 22.8 Å². The highest BCUT2D eigenvalue weighted by Crippen LogP contribution is 2.31. The molecule has 0 aliphatic rings. The maximum absolute atomic E-state index is 13.0. The van der Waals surface area contributed by atoms with Gasteiger partial charge in [0, 0.05) is 34.9 Å². The molecule has 0 bridgehead atoms. The molecule has 5 aromatic rings. The van der Waals surface area contributed by atoms with Crippen molar-refractivity contribution >= 4 is 45.6 Å². The summed E-state index contributed by atoms with van der Waals surface area (Å²) in [7, 11) is 1.85. The molecule has 0 atom stereocenters. The first-order chi connectivity index (χ1) is 17.2. The molecule has 36 heavy (non-hydrogen) atoms. The number of benzene rings is 2. The summed E-state index contributed by atoms with van der Waals surface area (Å²) in [6.07, 6.45) is -2.88. The maximum Gasteiger partial charge on any atom is 0.416 e. The topological polar surface area (TPSA) is 84.7 Å². The number of carbonyl (C=O) groups excluding carboxylic acids is 1. The molecular formula is C25H19F3N6OS. The average Bonchev–Trinajstić information content (AvgIpc) is 3.51. The summed E-state index contributed by atoms with van der Waals surface area (Å²) in [5.74, 6) is 0.387. The van der Waals surface area contributed by atoms with Gasteiger partial charge in [0.25, 0.3) is 5.91 Å². The van der Waals surface area contributed by atoms with Gasteiger partial charge in [-0.25, -0.2) is 15.0 Å². The van der Waals surface area contributed by atoms with Gasteiger partial charge in [-0.05, 0) is 54.3 Å². The number of hydrogen-bond donors (Lipinski definition) is 2. The van der Waals surface area contributed by atoms with Crippen LogP contribution in [0.15, 0.2) is 65.6 Å². The second kappa shape index (κ2) is 9.08. The first-order valence-electron chi connectivity index (χ1n) is 10.8. The van der Waals surface area contributed by atoms with Crippen molar-refractivity contribution in [1.29, 1.82) is 0 Å². The molecule has 1 amide bonds. The normalized spacial score (nSPS) is 11.6. The number of thiophene rings is 1. The standard InChI is InChI=1S/C25H19F3N6OS/c1-14-6-7-18(30-24(35)15-4-3-5-17(10-15)25(26,27)28)11-19(14)31-22-20-23(34(2)13-29-20)33-21(32-22)16-8-9-36-12-16/h3-13H,1-2H3,(H,30,35)(H,31,32,33). The van der Waals surface area contributed by atoms with Crippen LogP contribution in [0.3, 0.4) is 0 Å². The molecule has 2 aromatic carbocycles. The molecule has 7 nitrogen and oxygen atoms in total. The number of alkyl halides is 3. The fourth-order valence-corrected chi connectivity index (χ4v) is 4.25. The second-order valence-corrected chi connectivity index (χ2v) is 8.90. The summed E-state index contributed by atoms with van der Waals surface area (Å²) in [5.41, 5.74) is 3.07. The molecule has 0 aliphatic carbocycles. The van der Waals surface area contributed by atoms with Crippen molar-refractivity contribution in [1.82, 2.24) is 19.5 Å². The second-order valence-electron chi connectivity index (χ2n) is 8.12. The first-order valence-corrected chi connectivity index (χ1v) is 11.7. The Morgan fingerprint density at radius 1 is 1.08 bits per heavy atom. The lowest BCUT2D eigenvalue weighted by Gasteiger charge is -2.13. The molecular weight excluding hydrogens is 489 g/mol. The number of amides is 1. The summed E-state index contributed by atoms with van der Waals surface area (Å²) in [5, 5.41) is 9.86. The van der Waals surface area contributed by atoms with E-state index >= 15 is 0 Å². The lowest BCUT2D eigenvalue weighted by atomic mass is 10.1. The van der Waals surface area contributed by atoms with Crippen LogP contribution < -0.4 is 10.6 Å². The SMILES string of the molecule is Cc1ccc(NC(=O)c2cccc(C(F)(F)F)c2)cc1Nc1nc(-c2ccsc2)nc2c1ncn2C. The van der Waals surface area contributed by atoms with Crippen LogP contribution in [0.1, 0.15) is 21.5 Å². The molecule has 0 aliphatic heterocycles. The third-order valence-electron chi connectivity index (χ3n) is 5.54. The Bertz CT molecular complexity index is 1580. The van der Waals surface area contributed by atoms with E-state index in [-0.39, 0.29) is 5.56 Å². The molecule has 0 spiro atoms. The maximum atomic E-state index is 13.0. The number of nitrogens with one attached hydrogen (secondary N) is 2. The van der Waals surface area contributed by atoms with Crippen LogP contribution in [0.5, 0.6) is 0 Å². The smallest absolute Gasteiger partial charge is 0.338 e. The molecule has 0 saturated heterocycles. The van der Waals surface area contributed by atoms with E-state index in [1.54, 1.807) is 40.4 Å². The number of fused-ring (bicyclic) bond motifs is 1. The van der Waals surface area contributed by atoms with Crippen LogP contribution in [0, 0.1) is 6.92 Å². The van der Waals surface area contributed by atoms with Gasteiger partial charge in [-0.1, -0.05) is 12.1 Å². The van der Waals surface area contributed by atoms with Gasteiger partial charge in [-0.15, -0.1) is 0 Å². The lowest BCUT2D eigenvalue weighted by molar-refractivity contribution is -0.137. The molecule has 3 aromatic heterocycles. The minimum atomic E-state index is -4.53. The van der Waals surface area contributed by atoms with Crippen LogP contribution in [-0.4, -0.2) is 25.4 Å². The molecule has 0 saturated carbocycles. The Kier molecular flexibility index (Phi) is 5.92. The third-order valence-corrected chi connectivity index (χ3v) is 6.22. The number of anilines is 3. The molecule has 3 heterocycles. The first kappa shape index (κ1) is 23.5. The van der Waals surface area contributed by atoms with Gasteiger partial charge in [-0.2, -0.15) is 24.5 Å². The molecule has 11 heteroatoms. The number of rotatable bonds is 5. The minimum absolute atomic E-state index is 0.0914. The van der Waals surface area contributed by atoms with Gasteiger partial charge >= 0.3 is 6.18 Å². The largest absolute Gasteiger partial charge is 0.416 e. The van der Waals surface area contributed by atoms with Gasteiger partial charge in [0.2, 0.25) is 0 Å². The summed E-state index contributed by atoms with van der Waals surface area (Å²) in [6.45, 7) is 1.89. The van der Waals surface area contributed by atoms with E-state index in [1.807, 2.05) is 30.8 Å². The Hall–Kier alpha value is -4.25. The molecule has 0 fully saturated rings. The van der Waals surface area contributed by atoms with Crippen molar-refractivity contribution in [2.45, 2.75) is 13.1 Å². The zero-order valence-electron chi connectivity index (χ0n) is 19.1. The van der Waals surface area contributed by atoms with Crippen molar-refractivity contribution in [3.05, 3.63) is 82.3 Å². The summed E-state index contributed by atoms with van der Waals surface area (Å²) in [6, 6.07) is 11.4. The molecule has 2 N–H and O–H groups in total. The zero-order chi connectivity index (χ0) is 25.4. The highest BCUT2D eigenvalue weighted by molar-refractivity contribution is 7.08. The van der Waals surface area contributed by atoms with Crippen LogP contribution in [0.2, 0.25) is 0 Å². The van der Waals surface area contributed by atoms with Crippen molar-refractivity contribution in [2.75, 3.05) is 10.6 Å². The van der Waals surface area contributed by atoms with Crippen molar-refractivity contribution in [3.8, 4) is 11.4 Å². The number of imidazole rings is 1. The Morgan fingerprint density at radius 2 is 1.92 bits per heavy atom. The highest BCUT2D eigenvalue weighted by Gasteiger charge is 2.31. The van der Waals surface area contributed by atoms with E-state index in [0.29, 0.717) is 34.2 Å². The van der Waals surface area contributed by atoms with Gasteiger partial charge < -0.3 is 15.2 Å². The number of hydrogen-bond acceptors (Lipinski definition) is 6. The Balaban J connectivity index is 1.46. The number of halogens is 3. The van der Waals surface area contributed by atoms with Crippen molar-refractivity contribution < 1.29 is 18.0 Å². The fourth-order valence-electron chi connectivity index (χ4n) is 3.62.